The molecule has 1 amide bonds. The van der Waals surface area contributed by atoms with Crippen LogP contribution in [0, 0.1) is 5.41 Å². The monoisotopic (exact) mass is 286 g/mol. The fourth-order valence-electron chi connectivity index (χ4n) is 2.99. The van der Waals surface area contributed by atoms with E-state index < -0.39 is 11.4 Å². The van der Waals surface area contributed by atoms with E-state index in [1.807, 2.05) is 42.1 Å². The van der Waals surface area contributed by atoms with Gasteiger partial charge in [0.15, 0.2) is 0 Å². The maximum absolute atomic E-state index is 12.7. The van der Waals surface area contributed by atoms with Gasteiger partial charge in [-0.05, 0) is 19.4 Å². The van der Waals surface area contributed by atoms with Crippen LogP contribution in [0.4, 0.5) is 0 Å². The summed E-state index contributed by atoms with van der Waals surface area (Å²) in [6, 6.07) is 7.74. The lowest BCUT2D eigenvalue weighted by molar-refractivity contribution is -0.147. The number of carboxylic acids is 1. The highest BCUT2D eigenvalue weighted by Gasteiger charge is 2.42. The first kappa shape index (κ1) is 13.7. The molecular formula is C16H18N2O3. The molecular weight excluding hydrogens is 268 g/mol. The largest absolute Gasteiger partial charge is 0.481 e. The zero-order chi connectivity index (χ0) is 15.2. The van der Waals surface area contributed by atoms with Crippen LogP contribution >= 0.6 is 0 Å². The van der Waals surface area contributed by atoms with Crippen molar-refractivity contribution in [1.82, 2.24) is 9.47 Å². The van der Waals surface area contributed by atoms with Crippen LogP contribution in [0.15, 0.2) is 30.5 Å². The van der Waals surface area contributed by atoms with Crippen molar-refractivity contribution >= 4 is 22.8 Å². The Labute approximate surface area is 122 Å². The molecule has 110 valence electrons. The molecule has 1 aromatic heterocycles. The van der Waals surface area contributed by atoms with Crippen molar-refractivity contribution in [3.63, 3.8) is 0 Å². The third-order valence-electron chi connectivity index (χ3n) is 4.40. The first-order chi connectivity index (χ1) is 9.92. The van der Waals surface area contributed by atoms with E-state index in [2.05, 4.69) is 0 Å². The van der Waals surface area contributed by atoms with Crippen molar-refractivity contribution < 1.29 is 14.7 Å². The van der Waals surface area contributed by atoms with Gasteiger partial charge in [0.2, 0.25) is 0 Å². The van der Waals surface area contributed by atoms with Crippen LogP contribution in [0.2, 0.25) is 0 Å². The Kier molecular flexibility index (Phi) is 3.01. The van der Waals surface area contributed by atoms with E-state index in [1.54, 1.807) is 11.8 Å². The molecule has 1 N–H and O–H groups in total. The predicted octanol–water partition coefficient (Wildman–Crippen LogP) is 2.12. The summed E-state index contributed by atoms with van der Waals surface area (Å²) < 4.78 is 1.93. The van der Waals surface area contributed by atoms with Gasteiger partial charge in [-0.25, -0.2) is 0 Å². The van der Waals surface area contributed by atoms with Gasteiger partial charge in [-0.3, -0.25) is 9.59 Å². The average molecular weight is 286 g/mol. The fraction of sp³-hybridized carbons (Fsp3) is 0.375. The number of rotatable bonds is 2. The zero-order valence-electron chi connectivity index (χ0n) is 12.2. The van der Waals surface area contributed by atoms with Crippen molar-refractivity contribution in [3.8, 4) is 0 Å². The summed E-state index contributed by atoms with van der Waals surface area (Å²) in [4.78, 5) is 25.7. The second-order valence-corrected chi connectivity index (χ2v) is 6.01. The van der Waals surface area contributed by atoms with Crippen LogP contribution in [-0.4, -0.2) is 39.5 Å². The summed E-state index contributed by atoms with van der Waals surface area (Å²) in [7, 11) is 1.91. The van der Waals surface area contributed by atoms with Crippen molar-refractivity contribution in [2.45, 2.75) is 13.3 Å². The third-order valence-corrected chi connectivity index (χ3v) is 4.40. The van der Waals surface area contributed by atoms with Crippen LogP contribution in [0.25, 0.3) is 10.9 Å². The molecule has 1 atom stereocenters. The molecule has 0 saturated carbocycles. The molecule has 5 heteroatoms. The van der Waals surface area contributed by atoms with Gasteiger partial charge < -0.3 is 14.6 Å². The van der Waals surface area contributed by atoms with Crippen molar-refractivity contribution in [1.29, 1.82) is 0 Å². The Morgan fingerprint density at radius 2 is 2.00 bits per heavy atom. The van der Waals surface area contributed by atoms with Crippen LogP contribution in [-0.2, 0) is 11.8 Å². The summed E-state index contributed by atoms with van der Waals surface area (Å²) >= 11 is 0. The van der Waals surface area contributed by atoms with Gasteiger partial charge in [-0.1, -0.05) is 18.2 Å². The van der Waals surface area contributed by atoms with Gasteiger partial charge >= 0.3 is 5.97 Å². The van der Waals surface area contributed by atoms with Crippen LogP contribution in [0.5, 0.6) is 0 Å². The minimum atomic E-state index is -0.837. The predicted molar refractivity (Wildman–Crippen MR) is 79.2 cm³/mol. The molecule has 2 aromatic rings. The molecule has 1 aliphatic heterocycles. The van der Waals surface area contributed by atoms with E-state index in [4.69, 9.17) is 0 Å². The summed E-state index contributed by atoms with van der Waals surface area (Å²) in [5, 5.41) is 10.2. The Morgan fingerprint density at radius 1 is 1.29 bits per heavy atom. The smallest absolute Gasteiger partial charge is 0.311 e. The number of amides is 1. The molecule has 1 aliphatic rings. The first-order valence-electron chi connectivity index (χ1n) is 6.99. The molecule has 0 spiro atoms. The maximum Gasteiger partial charge on any atom is 0.311 e. The van der Waals surface area contributed by atoms with Crippen LogP contribution < -0.4 is 0 Å². The molecule has 0 radical (unpaired) electrons. The Balaban J connectivity index is 1.94. The molecule has 1 unspecified atom stereocenters. The summed E-state index contributed by atoms with van der Waals surface area (Å²) in [6.07, 6.45) is 2.32. The highest BCUT2D eigenvalue weighted by Crippen LogP contribution is 2.32. The quantitative estimate of drug-likeness (QED) is 0.919. The summed E-state index contributed by atoms with van der Waals surface area (Å²) in [5.41, 5.74) is 0.809. The fourth-order valence-corrected chi connectivity index (χ4v) is 2.99. The number of fused-ring (bicyclic) bond motifs is 1. The van der Waals surface area contributed by atoms with E-state index in [1.165, 1.54) is 0 Å². The third kappa shape index (κ3) is 2.09. The van der Waals surface area contributed by atoms with E-state index in [0.29, 0.717) is 18.5 Å². The first-order valence-corrected chi connectivity index (χ1v) is 6.99. The van der Waals surface area contributed by atoms with Crippen LogP contribution in [0.1, 0.15) is 23.7 Å². The van der Waals surface area contributed by atoms with E-state index >= 15 is 0 Å². The molecule has 3 rings (SSSR count). The second-order valence-electron chi connectivity index (χ2n) is 6.01. The number of aliphatic carboxylic acids is 1. The lowest BCUT2D eigenvalue weighted by Crippen LogP contribution is -2.34. The SMILES string of the molecule is Cn1cc(C(=O)N2CCC(C)(C(=O)O)C2)c2ccccc21. The Morgan fingerprint density at radius 3 is 2.67 bits per heavy atom. The molecule has 2 heterocycles. The molecule has 21 heavy (non-hydrogen) atoms. The molecule has 0 bridgehead atoms. The second kappa shape index (κ2) is 4.62. The number of para-hydroxylation sites is 1. The highest BCUT2D eigenvalue weighted by atomic mass is 16.4. The van der Waals surface area contributed by atoms with Gasteiger partial charge in [-0.15, -0.1) is 0 Å². The van der Waals surface area contributed by atoms with Crippen molar-refractivity contribution in [3.05, 3.63) is 36.0 Å². The molecule has 1 aromatic carbocycles. The number of aromatic nitrogens is 1. The van der Waals surface area contributed by atoms with E-state index in [-0.39, 0.29) is 12.5 Å². The van der Waals surface area contributed by atoms with Gasteiger partial charge in [-0.2, -0.15) is 0 Å². The van der Waals surface area contributed by atoms with E-state index in [9.17, 15) is 14.7 Å². The topological polar surface area (TPSA) is 62.5 Å². The van der Waals surface area contributed by atoms with Crippen LogP contribution in [0.3, 0.4) is 0 Å². The van der Waals surface area contributed by atoms with Gasteiger partial charge in [0.05, 0.1) is 11.0 Å². The normalized spacial score (nSPS) is 21.9. The minimum Gasteiger partial charge on any atom is -0.481 e. The van der Waals surface area contributed by atoms with Gasteiger partial charge in [0, 0.05) is 37.2 Å². The number of carboxylic acid groups (broad SMARTS) is 1. The maximum atomic E-state index is 12.7. The number of benzene rings is 1. The van der Waals surface area contributed by atoms with E-state index in [0.717, 1.165) is 10.9 Å². The lowest BCUT2D eigenvalue weighted by atomic mass is 9.90. The number of carbonyl (C=O) groups is 2. The number of likely N-dealkylation sites (tertiary alicyclic amines) is 1. The average Bonchev–Trinajstić information content (AvgIpc) is 3.02. The summed E-state index contributed by atoms with van der Waals surface area (Å²) in [5.74, 6) is -0.924. The number of hydrogen-bond donors (Lipinski definition) is 1. The molecule has 0 aliphatic carbocycles. The molecule has 5 nitrogen and oxygen atoms in total. The Bertz CT molecular complexity index is 734. The molecule has 1 saturated heterocycles. The molecule has 1 fully saturated rings. The number of nitrogens with zero attached hydrogens (tertiary/aromatic N) is 2. The van der Waals surface area contributed by atoms with Gasteiger partial charge in [0.25, 0.3) is 5.91 Å². The lowest BCUT2D eigenvalue weighted by Gasteiger charge is -2.20. The number of carbonyl (C=O) groups excluding carboxylic acids is 1. The highest BCUT2D eigenvalue weighted by molar-refractivity contribution is 6.07. The zero-order valence-corrected chi connectivity index (χ0v) is 12.2. The van der Waals surface area contributed by atoms with Crippen molar-refractivity contribution in [2.75, 3.05) is 13.1 Å². The standard InChI is InChI=1S/C16H18N2O3/c1-16(15(20)21)7-8-18(10-16)14(19)12-9-17(2)13-6-4-3-5-11(12)13/h3-6,9H,7-8,10H2,1-2H3,(H,20,21). The number of hydrogen-bond acceptors (Lipinski definition) is 2. The number of aryl methyl sites for hydroxylation is 1. The summed E-state index contributed by atoms with van der Waals surface area (Å²) in [6.45, 7) is 2.46. The minimum absolute atomic E-state index is 0.0863. The van der Waals surface area contributed by atoms with Gasteiger partial charge in [0.1, 0.15) is 0 Å². The Hall–Kier alpha value is -2.30. The van der Waals surface area contributed by atoms with Crippen molar-refractivity contribution in [2.24, 2.45) is 12.5 Å².